The Morgan fingerprint density at radius 2 is 2.17 bits per heavy atom. The quantitative estimate of drug-likeness (QED) is 0.897. The topological polar surface area (TPSA) is 55.4 Å². The molecule has 5 heteroatoms. The minimum atomic E-state index is -2.85. The van der Waals surface area contributed by atoms with E-state index < -0.39 is 9.84 Å². The zero-order chi connectivity index (χ0) is 13.0. The summed E-state index contributed by atoms with van der Waals surface area (Å²) in [6.45, 7) is 0.643. The number of benzene rings is 1. The van der Waals surface area contributed by atoms with E-state index in [1.807, 2.05) is 24.3 Å². The monoisotopic (exact) mass is 269 g/mol. The van der Waals surface area contributed by atoms with Crippen LogP contribution in [0.15, 0.2) is 24.3 Å². The molecule has 1 saturated heterocycles. The highest BCUT2D eigenvalue weighted by Gasteiger charge is 2.24. The Hall–Kier alpha value is -1.07. The van der Waals surface area contributed by atoms with Crippen molar-refractivity contribution in [2.24, 2.45) is 0 Å². The third kappa shape index (κ3) is 3.46. The maximum absolute atomic E-state index is 11.5. The predicted octanol–water partition coefficient (Wildman–Crippen LogP) is 1.36. The van der Waals surface area contributed by atoms with Crippen LogP contribution in [0, 0.1) is 0 Å². The Labute approximate surface area is 108 Å². The average molecular weight is 269 g/mol. The molecule has 0 spiro atoms. The van der Waals surface area contributed by atoms with Crippen molar-refractivity contribution in [3.8, 4) is 5.75 Å². The van der Waals surface area contributed by atoms with E-state index in [1.165, 1.54) is 0 Å². The summed E-state index contributed by atoms with van der Waals surface area (Å²) in [5.74, 6) is 1.42. The van der Waals surface area contributed by atoms with Gasteiger partial charge in [0, 0.05) is 18.2 Å². The van der Waals surface area contributed by atoms with Gasteiger partial charge >= 0.3 is 0 Å². The SMILES string of the molecule is COc1ccccc1CNC1CCCS(=O)(=O)C1. The molecule has 1 atom stereocenters. The molecule has 100 valence electrons. The first-order valence-electron chi connectivity index (χ1n) is 6.16. The van der Waals surface area contributed by atoms with Gasteiger partial charge in [-0.05, 0) is 18.9 Å². The molecule has 0 bridgehead atoms. The van der Waals surface area contributed by atoms with E-state index in [9.17, 15) is 8.42 Å². The van der Waals surface area contributed by atoms with Gasteiger partial charge in [0.1, 0.15) is 5.75 Å². The summed E-state index contributed by atoms with van der Waals surface area (Å²) in [5, 5.41) is 3.31. The molecule has 4 nitrogen and oxygen atoms in total. The van der Waals surface area contributed by atoms with Gasteiger partial charge in [0.15, 0.2) is 9.84 Å². The lowest BCUT2D eigenvalue weighted by atomic mass is 10.1. The Morgan fingerprint density at radius 1 is 1.39 bits per heavy atom. The molecule has 1 fully saturated rings. The van der Waals surface area contributed by atoms with Crippen molar-refractivity contribution in [2.45, 2.75) is 25.4 Å². The molecular formula is C13H19NO3S. The number of rotatable bonds is 4. The zero-order valence-electron chi connectivity index (χ0n) is 10.6. The maximum Gasteiger partial charge on any atom is 0.151 e. The number of hydrogen-bond acceptors (Lipinski definition) is 4. The highest BCUT2D eigenvalue weighted by molar-refractivity contribution is 7.91. The fraction of sp³-hybridized carbons (Fsp3) is 0.538. The van der Waals surface area contributed by atoms with Crippen molar-refractivity contribution < 1.29 is 13.2 Å². The van der Waals surface area contributed by atoms with Crippen LogP contribution in [0.5, 0.6) is 5.75 Å². The summed E-state index contributed by atoms with van der Waals surface area (Å²) in [6.07, 6.45) is 1.68. The van der Waals surface area contributed by atoms with Crippen LogP contribution in [0.25, 0.3) is 0 Å². The molecule has 0 aromatic heterocycles. The number of nitrogens with one attached hydrogen (secondary N) is 1. The Balaban J connectivity index is 1.95. The second kappa shape index (κ2) is 5.71. The first-order valence-corrected chi connectivity index (χ1v) is 7.98. The van der Waals surface area contributed by atoms with Crippen molar-refractivity contribution in [3.63, 3.8) is 0 Å². The van der Waals surface area contributed by atoms with Crippen LogP contribution in [0.1, 0.15) is 18.4 Å². The molecule has 1 heterocycles. The van der Waals surface area contributed by atoms with Crippen molar-refractivity contribution >= 4 is 9.84 Å². The van der Waals surface area contributed by atoms with E-state index >= 15 is 0 Å². The highest BCUT2D eigenvalue weighted by Crippen LogP contribution is 2.18. The summed E-state index contributed by atoms with van der Waals surface area (Å²) in [7, 11) is -1.20. The molecule has 1 aromatic carbocycles. The van der Waals surface area contributed by atoms with Crippen molar-refractivity contribution in [1.82, 2.24) is 5.32 Å². The zero-order valence-corrected chi connectivity index (χ0v) is 11.4. The summed E-state index contributed by atoms with van der Waals surface area (Å²) in [5.41, 5.74) is 1.06. The van der Waals surface area contributed by atoms with Gasteiger partial charge < -0.3 is 10.1 Å². The largest absolute Gasteiger partial charge is 0.496 e. The lowest BCUT2D eigenvalue weighted by molar-refractivity contribution is 0.404. The van der Waals surface area contributed by atoms with E-state index in [0.717, 1.165) is 24.2 Å². The van der Waals surface area contributed by atoms with Gasteiger partial charge in [0.25, 0.3) is 0 Å². The third-order valence-corrected chi connectivity index (χ3v) is 5.06. The normalized spacial score (nSPS) is 22.6. The minimum absolute atomic E-state index is 0.0636. The van der Waals surface area contributed by atoms with Gasteiger partial charge in [0.2, 0.25) is 0 Å². The Kier molecular flexibility index (Phi) is 4.24. The van der Waals surface area contributed by atoms with E-state index in [4.69, 9.17) is 4.74 Å². The third-order valence-electron chi connectivity index (χ3n) is 3.24. The van der Waals surface area contributed by atoms with Crippen molar-refractivity contribution in [3.05, 3.63) is 29.8 Å². The number of ether oxygens (including phenoxy) is 1. The summed E-state index contributed by atoms with van der Waals surface area (Å²) < 4.78 is 28.3. The van der Waals surface area contributed by atoms with Gasteiger partial charge in [-0.3, -0.25) is 0 Å². The van der Waals surface area contributed by atoms with Gasteiger partial charge in [-0.15, -0.1) is 0 Å². The molecule has 2 rings (SSSR count). The van der Waals surface area contributed by atoms with Crippen LogP contribution in [-0.4, -0.2) is 33.1 Å². The molecule has 0 saturated carbocycles. The van der Waals surface area contributed by atoms with E-state index in [-0.39, 0.29) is 11.8 Å². The average Bonchev–Trinajstić information content (AvgIpc) is 2.35. The lowest BCUT2D eigenvalue weighted by Crippen LogP contribution is -2.39. The second-order valence-electron chi connectivity index (χ2n) is 4.65. The molecule has 0 aliphatic carbocycles. The molecule has 1 N–H and O–H groups in total. The van der Waals surface area contributed by atoms with Crippen LogP contribution in [0.3, 0.4) is 0 Å². The first-order chi connectivity index (χ1) is 8.61. The van der Waals surface area contributed by atoms with Gasteiger partial charge in [-0.25, -0.2) is 8.42 Å². The predicted molar refractivity (Wildman–Crippen MR) is 71.5 cm³/mol. The fourth-order valence-electron chi connectivity index (χ4n) is 2.29. The van der Waals surface area contributed by atoms with Crippen LogP contribution >= 0.6 is 0 Å². The minimum Gasteiger partial charge on any atom is -0.496 e. The van der Waals surface area contributed by atoms with Gasteiger partial charge in [-0.1, -0.05) is 18.2 Å². The van der Waals surface area contributed by atoms with E-state index in [0.29, 0.717) is 12.3 Å². The molecule has 1 aromatic rings. The molecule has 18 heavy (non-hydrogen) atoms. The second-order valence-corrected chi connectivity index (χ2v) is 6.87. The molecule has 0 amide bonds. The Bertz CT molecular complexity index is 499. The van der Waals surface area contributed by atoms with Crippen LogP contribution in [0.2, 0.25) is 0 Å². The van der Waals surface area contributed by atoms with E-state index in [1.54, 1.807) is 7.11 Å². The summed E-state index contributed by atoms with van der Waals surface area (Å²) >= 11 is 0. The standard InChI is InChI=1S/C13H19NO3S/c1-17-13-7-3-2-5-11(13)9-14-12-6-4-8-18(15,16)10-12/h2-3,5,7,12,14H,4,6,8-10H2,1H3. The molecular weight excluding hydrogens is 250 g/mol. The molecule has 1 aliphatic heterocycles. The molecule has 1 unspecified atom stereocenters. The summed E-state index contributed by atoms with van der Waals surface area (Å²) in [6, 6.07) is 7.84. The highest BCUT2D eigenvalue weighted by atomic mass is 32.2. The lowest BCUT2D eigenvalue weighted by Gasteiger charge is -2.23. The van der Waals surface area contributed by atoms with Crippen molar-refractivity contribution in [2.75, 3.05) is 18.6 Å². The number of para-hydroxylation sites is 1. The van der Waals surface area contributed by atoms with Crippen molar-refractivity contribution in [1.29, 1.82) is 0 Å². The summed E-state index contributed by atoms with van der Waals surface area (Å²) in [4.78, 5) is 0. The van der Waals surface area contributed by atoms with E-state index in [2.05, 4.69) is 5.32 Å². The molecule has 1 aliphatic rings. The first kappa shape index (κ1) is 13.4. The van der Waals surface area contributed by atoms with Crippen LogP contribution < -0.4 is 10.1 Å². The number of sulfone groups is 1. The molecule has 0 radical (unpaired) electrons. The fourth-order valence-corrected chi connectivity index (χ4v) is 3.96. The number of hydrogen-bond donors (Lipinski definition) is 1. The van der Waals surface area contributed by atoms with Gasteiger partial charge in [0.05, 0.1) is 18.6 Å². The smallest absolute Gasteiger partial charge is 0.151 e. The van der Waals surface area contributed by atoms with Gasteiger partial charge in [-0.2, -0.15) is 0 Å². The maximum atomic E-state index is 11.5. The Morgan fingerprint density at radius 3 is 2.89 bits per heavy atom. The van der Waals surface area contributed by atoms with Crippen LogP contribution in [0.4, 0.5) is 0 Å². The number of methoxy groups -OCH3 is 1. The van der Waals surface area contributed by atoms with Crippen LogP contribution in [-0.2, 0) is 16.4 Å².